The van der Waals surface area contributed by atoms with Gasteiger partial charge in [-0.3, -0.25) is 0 Å². The van der Waals surface area contributed by atoms with Gasteiger partial charge in [-0.2, -0.15) is 10.2 Å². The van der Waals surface area contributed by atoms with Crippen LogP contribution in [0.2, 0.25) is 0 Å². The highest BCUT2D eigenvalue weighted by Crippen LogP contribution is 2.24. The summed E-state index contributed by atoms with van der Waals surface area (Å²) in [4.78, 5) is 15.7. The largest absolute Gasteiger partial charge is 0.369 e. The molecule has 1 aliphatic rings. The fraction of sp³-hybridized carbons (Fsp3) is 0.421. The van der Waals surface area contributed by atoms with E-state index in [9.17, 15) is 0 Å². The lowest BCUT2D eigenvalue weighted by Crippen LogP contribution is -2.47. The minimum absolute atomic E-state index is 0.363. The molecular weight excluding hydrogens is 312 g/mol. The highest BCUT2D eigenvalue weighted by atomic mass is 15.3. The van der Waals surface area contributed by atoms with E-state index in [0.29, 0.717) is 11.6 Å². The van der Waals surface area contributed by atoms with Crippen LogP contribution in [-0.2, 0) is 0 Å². The maximum atomic E-state index is 8.95. The molecule has 1 saturated heterocycles. The summed E-state index contributed by atoms with van der Waals surface area (Å²) in [6.07, 6.45) is 4.07. The van der Waals surface area contributed by atoms with Crippen molar-refractivity contribution in [3.63, 3.8) is 0 Å². The van der Waals surface area contributed by atoms with Gasteiger partial charge in [0.05, 0.1) is 11.6 Å². The average molecular weight is 336 g/mol. The smallest absolute Gasteiger partial charge is 0.227 e. The van der Waals surface area contributed by atoms with Crippen molar-refractivity contribution in [1.29, 1.82) is 5.26 Å². The molecule has 0 aliphatic carbocycles. The van der Waals surface area contributed by atoms with Crippen molar-refractivity contribution in [2.45, 2.75) is 18.9 Å². The van der Waals surface area contributed by atoms with Crippen molar-refractivity contribution in [2.24, 2.45) is 0 Å². The predicted molar refractivity (Wildman–Crippen MR) is 101 cm³/mol. The molecule has 0 saturated carbocycles. The zero-order chi connectivity index (χ0) is 17.8. The van der Waals surface area contributed by atoms with Crippen molar-refractivity contribution in [1.82, 2.24) is 9.97 Å². The third kappa shape index (κ3) is 3.82. The number of hydrogen-bond donors (Lipinski definition) is 0. The number of benzene rings is 1. The number of nitrogens with zero attached hydrogens (tertiary/aromatic N) is 6. The van der Waals surface area contributed by atoms with Crippen molar-refractivity contribution < 1.29 is 0 Å². The highest BCUT2D eigenvalue weighted by Gasteiger charge is 2.25. The van der Waals surface area contributed by atoms with Gasteiger partial charge in [-0.15, -0.1) is 0 Å². The molecule has 2 heterocycles. The van der Waals surface area contributed by atoms with Crippen molar-refractivity contribution in [2.75, 3.05) is 48.9 Å². The lowest BCUT2D eigenvalue weighted by Gasteiger charge is -2.39. The van der Waals surface area contributed by atoms with Crippen molar-refractivity contribution in [3.05, 3.63) is 42.1 Å². The normalized spacial score (nSPS) is 17.0. The molecule has 130 valence electrons. The molecule has 6 nitrogen and oxygen atoms in total. The van der Waals surface area contributed by atoms with E-state index in [0.717, 1.165) is 37.7 Å². The SMILES string of the molecule is CN(C)c1ccnc(N(C)C2CCCN(c3ccc(C#N)cc3)C2)n1. The van der Waals surface area contributed by atoms with Crippen molar-refractivity contribution in [3.8, 4) is 6.07 Å². The zero-order valence-corrected chi connectivity index (χ0v) is 15.1. The molecule has 1 unspecified atom stereocenters. The van der Waals surface area contributed by atoms with E-state index in [4.69, 9.17) is 5.26 Å². The Morgan fingerprint density at radius 3 is 2.60 bits per heavy atom. The van der Waals surface area contributed by atoms with E-state index in [1.807, 2.05) is 55.5 Å². The molecule has 1 aromatic carbocycles. The summed E-state index contributed by atoms with van der Waals surface area (Å²) >= 11 is 0. The Balaban J connectivity index is 1.74. The summed E-state index contributed by atoms with van der Waals surface area (Å²) in [7, 11) is 6.04. The Labute approximate surface area is 149 Å². The molecule has 6 heteroatoms. The standard InChI is InChI=1S/C19H24N6/c1-23(2)18-10-11-21-19(22-18)24(3)17-5-4-12-25(14-17)16-8-6-15(13-20)7-9-16/h6-11,17H,4-5,12,14H2,1-3H3. The fourth-order valence-electron chi connectivity index (χ4n) is 3.17. The van der Waals surface area contributed by atoms with Gasteiger partial charge in [0.15, 0.2) is 0 Å². The first kappa shape index (κ1) is 17.0. The lowest BCUT2D eigenvalue weighted by atomic mass is 10.0. The maximum absolute atomic E-state index is 8.95. The molecule has 1 atom stereocenters. The number of likely N-dealkylation sites (N-methyl/N-ethyl adjacent to an activating group) is 1. The number of aromatic nitrogens is 2. The van der Waals surface area contributed by atoms with Crippen LogP contribution in [0, 0.1) is 11.3 Å². The molecule has 0 N–H and O–H groups in total. The average Bonchev–Trinajstić information content (AvgIpc) is 2.67. The summed E-state index contributed by atoms with van der Waals surface area (Å²) < 4.78 is 0. The first-order valence-electron chi connectivity index (χ1n) is 8.57. The van der Waals surface area contributed by atoms with Gasteiger partial charge in [0.1, 0.15) is 5.82 Å². The number of rotatable bonds is 4. The summed E-state index contributed by atoms with van der Waals surface area (Å²) in [6.45, 7) is 1.97. The molecule has 3 rings (SSSR count). The molecule has 0 spiro atoms. The first-order valence-corrected chi connectivity index (χ1v) is 8.57. The second kappa shape index (κ2) is 7.39. The minimum atomic E-state index is 0.363. The summed E-state index contributed by atoms with van der Waals surface area (Å²) in [5.74, 6) is 1.68. The van der Waals surface area contributed by atoms with Crippen LogP contribution in [0.4, 0.5) is 17.5 Å². The van der Waals surface area contributed by atoms with Gasteiger partial charge in [-0.25, -0.2) is 4.98 Å². The van der Waals surface area contributed by atoms with Crippen LogP contribution in [0.1, 0.15) is 18.4 Å². The number of nitriles is 1. The first-order chi connectivity index (χ1) is 12.1. The highest BCUT2D eigenvalue weighted by molar-refractivity contribution is 5.51. The molecule has 0 radical (unpaired) electrons. The molecule has 1 aliphatic heterocycles. The molecule has 0 amide bonds. The molecular formula is C19H24N6. The summed E-state index contributed by atoms with van der Waals surface area (Å²) in [5, 5.41) is 8.95. The van der Waals surface area contributed by atoms with E-state index in [1.165, 1.54) is 5.69 Å². The fourth-order valence-corrected chi connectivity index (χ4v) is 3.17. The number of anilines is 3. The van der Waals surface area contributed by atoms with Gasteiger partial charge in [0.2, 0.25) is 5.95 Å². The minimum Gasteiger partial charge on any atom is -0.369 e. The van der Waals surface area contributed by atoms with Crippen LogP contribution < -0.4 is 14.7 Å². The molecule has 25 heavy (non-hydrogen) atoms. The third-order valence-corrected chi connectivity index (χ3v) is 4.71. The molecule has 1 fully saturated rings. The van der Waals surface area contributed by atoms with Gasteiger partial charge in [0.25, 0.3) is 0 Å². The van der Waals surface area contributed by atoms with E-state index in [1.54, 1.807) is 0 Å². The quantitative estimate of drug-likeness (QED) is 0.855. The van der Waals surface area contributed by atoms with E-state index in [-0.39, 0.29) is 0 Å². The second-order valence-corrected chi connectivity index (χ2v) is 6.62. The van der Waals surface area contributed by atoms with Crippen LogP contribution in [-0.4, -0.2) is 50.2 Å². The second-order valence-electron chi connectivity index (χ2n) is 6.62. The zero-order valence-electron chi connectivity index (χ0n) is 15.1. The van der Waals surface area contributed by atoms with Crippen LogP contribution in [0.25, 0.3) is 0 Å². The van der Waals surface area contributed by atoms with Crippen molar-refractivity contribution >= 4 is 17.5 Å². The topological polar surface area (TPSA) is 59.3 Å². The Kier molecular flexibility index (Phi) is 5.03. The van der Waals surface area contributed by atoms with Gasteiger partial charge in [-0.05, 0) is 43.2 Å². The summed E-state index contributed by atoms with van der Waals surface area (Å²) in [6, 6.07) is 12.3. The monoisotopic (exact) mass is 336 g/mol. The maximum Gasteiger partial charge on any atom is 0.227 e. The molecule has 0 bridgehead atoms. The molecule has 1 aromatic heterocycles. The Hall–Kier alpha value is -2.81. The number of piperidine rings is 1. The van der Waals surface area contributed by atoms with E-state index >= 15 is 0 Å². The Bertz CT molecular complexity index is 749. The Morgan fingerprint density at radius 2 is 1.92 bits per heavy atom. The van der Waals surface area contributed by atoms with Gasteiger partial charge >= 0.3 is 0 Å². The van der Waals surface area contributed by atoms with E-state index < -0.39 is 0 Å². The van der Waals surface area contributed by atoms with Crippen LogP contribution in [0.15, 0.2) is 36.5 Å². The van der Waals surface area contributed by atoms with Gasteiger partial charge < -0.3 is 14.7 Å². The summed E-state index contributed by atoms with van der Waals surface area (Å²) in [5.41, 5.74) is 1.86. The third-order valence-electron chi connectivity index (χ3n) is 4.71. The van der Waals surface area contributed by atoms with Gasteiger partial charge in [0, 0.05) is 52.2 Å². The number of hydrogen-bond acceptors (Lipinski definition) is 6. The van der Waals surface area contributed by atoms with Gasteiger partial charge in [-0.1, -0.05) is 0 Å². The van der Waals surface area contributed by atoms with Crippen LogP contribution in [0.3, 0.4) is 0 Å². The van der Waals surface area contributed by atoms with Crippen LogP contribution in [0.5, 0.6) is 0 Å². The predicted octanol–water partition coefficient (Wildman–Crippen LogP) is 2.52. The van der Waals surface area contributed by atoms with Crippen LogP contribution >= 0.6 is 0 Å². The van der Waals surface area contributed by atoms with E-state index in [2.05, 4.69) is 32.9 Å². The lowest BCUT2D eigenvalue weighted by molar-refractivity contribution is 0.483. The Morgan fingerprint density at radius 1 is 1.16 bits per heavy atom. The molecule has 2 aromatic rings.